The standard InChI is InChI=1S/C28H42N2O6/c1-7-9-13-19(3)17-29-27(31)35-23-21-15-11-12-16-22(21)24(26(34-6)25(23)33-5)36-28(32)30-18-20(4)14-10-8-2/h11-12,15-16,19-20H,7-10,13-14,17-18H2,1-6H3,(H,29,31)(H,30,32). The quantitative estimate of drug-likeness (QED) is 0.299. The van der Waals surface area contributed by atoms with Crippen LogP contribution in [0, 0.1) is 11.8 Å². The van der Waals surface area contributed by atoms with E-state index in [0.29, 0.717) is 35.7 Å². The maximum Gasteiger partial charge on any atom is 0.412 e. The Bertz CT molecular complexity index is 915. The van der Waals surface area contributed by atoms with Crippen LogP contribution in [0.3, 0.4) is 0 Å². The van der Waals surface area contributed by atoms with Crippen molar-refractivity contribution in [3.8, 4) is 23.0 Å². The first-order chi connectivity index (χ1) is 17.4. The number of hydrogen-bond acceptors (Lipinski definition) is 6. The number of benzene rings is 2. The zero-order chi connectivity index (χ0) is 26.5. The average Bonchev–Trinajstić information content (AvgIpc) is 2.89. The number of methoxy groups -OCH3 is 2. The molecule has 2 aromatic carbocycles. The van der Waals surface area contributed by atoms with Gasteiger partial charge in [-0.1, -0.05) is 77.6 Å². The number of nitrogens with one attached hydrogen (secondary N) is 2. The fourth-order valence-corrected chi connectivity index (χ4v) is 3.99. The zero-order valence-electron chi connectivity index (χ0n) is 22.6. The van der Waals surface area contributed by atoms with Crippen LogP contribution in [-0.2, 0) is 0 Å². The van der Waals surface area contributed by atoms with Crippen molar-refractivity contribution in [2.75, 3.05) is 27.3 Å². The molecule has 2 aromatic rings. The molecule has 0 aliphatic rings. The summed E-state index contributed by atoms with van der Waals surface area (Å²) in [5.74, 6) is 1.41. The van der Waals surface area contributed by atoms with E-state index in [1.54, 1.807) is 12.1 Å². The number of carbonyl (C=O) groups excluding carboxylic acids is 2. The highest BCUT2D eigenvalue weighted by atomic mass is 16.6. The predicted molar refractivity (Wildman–Crippen MR) is 142 cm³/mol. The SMILES string of the molecule is CCCCC(C)CNC(=O)Oc1c(OC)c(OC)c(OC(=O)NCC(C)CCCC)c2ccccc12. The first-order valence-electron chi connectivity index (χ1n) is 12.9. The molecule has 0 bridgehead atoms. The number of fused-ring (bicyclic) bond motifs is 1. The van der Waals surface area contributed by atoms with Crippen molar-refractivity contribution < 1.29 is 28.5 Å². The van der Waals surface area contributed by atoms with Gasteiger partial charge in [0.15, 0.2) is 11.5 Å². The van der Waals surface area contributed by atoms with Crippen LogP contribution in [0.5, 0.6) is 23.0 Å². The Morgan fingerprint density at radius 3 is 1.44 bits per heavy atom. The third-order valence-corrected chi connectivity index (χ3v) is 6.12. The van der Waals surface area contributed by atoms with Gasteiger partial charge in [0.1, 0.15) is 0 Å². The van der Waals surface area contributed by atoms with Crippen molar-refractivity contribution in [2.45, 2.75) is 66.2 Å². The van der Waals surface area contributed by atoms with Crippen LogP contribution in [0.4, 0.5) is 9.59 Å². The summed E-state index contributed by atoms with van der Waals surface area (Å²) in [6.07, 6.45) is 5.34. The van der Waals surface area contributed by atoms with Gasteiger partial charge in [0.2, 0.25) is 11.5 Å². The average molecular weight is 503 g/mol. The fraction of sp³-hybridized carbons (Fsp3) is 0.571. The van der Waals surface area contributed by atoms with Gasteiger partial charge in [-0.3, -0.25) is 0 Å². The van der Waals surface area contributed by atoms with Gasteiger partial charge in [-0.05, 0) is 24.7 Å². The molecule has 36 heavy (non-hydrogen) atoms. The van der Waals surface area contributed by atoms with Crippen LogP contribution in [0.25, 0.3) is 10.8 Å². The van der Waals surface area contributed by atoms with Gasteiger partial charge >= 0.3 is 12.2 Å². The Morgan fingerprint density at radius 1 is 0.722 bits per heavy atom. The van der Waals surface area contributed by atoms with E-state index >= 15 is 0 Å². The van der Waals surface area contributed by atoms with Crippen molar-refractivity contribution in [3.05, 3.63) is 24.3 Å². The van der Waals surface area contributed by atoms with Crippen molar-refractivity contribution in [1.29, 1.82) is 0 Å². The largest absolute Gasteiger partial charge is 0.490 e. The molecule has 2 atom stereocenters. The predicted octanol–water partition coefficient (Wildman–Crippen LogP) is 6.69. The molecular formula is C28H42N2O6. The molecule has 8 heteroatoms. The molecule has 200 valence electrons. The van der Waals surface area contributed by atoms with Crippen LogP contribution in [0.2, 0.25) is 0 Å². The lowest BCUT2D eigenvalue weighted by Crippen LogP contribution is -2.31. The minimum absolute atomic E-state index is 0.171. The van der Waals surface area contributed by atoms with E-state index < -0.39 is 12.2 Å². The van der Waals surface area contributed by atoms with E-state index in [1.165, 1.54) is 14.2 Å². The van der Waals surface area contributed by atoms with Crippen molar-refractivity contribution in [2.24, 2.45) is 11.8 Å². The summed E-state index contributed by atoms with van der Waals surface area (Å²) in [5, 5.41) is 6.78. The number of hydrogen-bond donors (Lipinski definition) is 2. The van der Waals surface area contributed by atoms with Crippen molar-refractivity contribution >= 4 is 23.0 Å². The van der Waals surface area contributed by atoms with Gasteiger partial charge in [0, 0.05) is 23.9 Å². The molecule has 0 fully saturated rings. The zero-order valence-corrected chi connectivity index (χ0v) is 22.6. The molecular weight excluding hydrogens is 460 g/mol. The first-order valence-corrected chi connectivity index (χ1v) is 12.9. The number of amides is 2. The topological polar surface area (TPSA) is 95.1 Å². The lowest BCUT2D eigenvalue weighted by atomic mass is 10.0. The highest BCUT2D eigenvalue weighted by Gasteiger charge is 2.27. The monoisotopic (exact) mass is 502 g/mol. The van der Waals surface area contributed by atoms with Crippen LogP contribution in [0.15, 0.2) is 24.3 Å². The number of ether oxygens (including phenoxy) is 4. The van der Waals surface area contributed by atoms with Gasteiger partial charge < -0.3 is 29.6 Å². The normalized spacial score (nSPS) is 12.5. The molecule has 0 saturated heterocycles. The minimum Gasteiger partial charge on any atom is -0.490 e. The second-order valence-electron chi connectivity index (χ2n) is 9.31. The number of unbranched alkanes of at least 4 members (excludes halogenated alkanes) is 2. The Morgan fingerprint density at radius 2 is 1.11 bits per heavy atom. The van der Waals surface area contributed by atoms with Gasteiger partial charge in [-0.2, -0.15) is 0 Å². The van der Waals surface area contributed by atoms with Gasteiger partial charge in [0.05, 0.1) is 14.2 Å². The van der Waals surface area contributed by atoms with Gasteiger partial charge in [-0.15, -0.1) is 0 Å². The highest BCUT2D eigenvalue weighted by Crippen LogP contribution is 2.51. The van der Waals surface area contributed by atoms with E-state index in [-0.39, 0.29) is 23.0 Å². The smallest absolute Gasteiger partial charge is 0.412 e. The van der Waals surface area contributed by atoms with Gasteiger partial charge in [-0.25, -0.2) is 9.59 Å². The molecule has 2 rings (SSSR count). The van der Waals surface area contributed by atoms with Crippen LogP contribution >= 0.6 is 0 Å². The molecule has 2 unspecified atom stereocenters. The minimum atomic E-state index is -0.587. The molecule has 0 radical (unpaired) electrons. The summed E-state index contributed by atoms with van der Waals surface area (Å²) in [4.78, 5) is 25.3. The lowest BCUT2D eigenvalue weighted by molar-refractivity contribution is 0.193. The molecule has 0 aromatic heterocycles. The third-order valence-electron chi connectivity index (χ3n) is 6.12. The molecule has 0 spiro atoms. The molecule has 0 saturated carbocycles. The Labute approximate surface area is 215 Å². The van der Waals surface area contributed by atoms with Crippen LogP contribution in [0.1, 0.15) is 66.2 Å². The summed E-state index contributed by atoms with van der Waals surface area (Å²) in [6, 6.07) is 7.18. The molecule has 0 heterocycles. The van der Waals surface area contributed by atoms with E-state index in [2.05, 4.69) is 38.3 Å². The first kappa shape index (κ1) is 29.1. The summed E-state index contributed by atoms with van der Waals surface area (Å²) < 4.78 is 22.6. The lowest BCUT2D eigenvalue weighted by Gasteiger charge is -2.20. The molecule has 2 amide bonds. The van der Waals surface area contributed by atoms with E-state index in [1.807, 2.05) is 12.1 Å². The summed E-state index contributed by atoms with van der Waals surface area (Å²) >= 11 is 0. The molecule has 0 aliphatic heterocycles. The summed E-state index contributed by atoms with van der Waals surface area (Å²) in [7, 11) is 2.90. The van der Waals surface area contributed by atoms with E-state index in [9.17, 15) is 9.59 Å². The molecule has 2 N–H and O–H groups in total. The maximum absolute atomic E-state index is 12.7. The number of carbonyl (C=O) groups is 2. The van der Waals surface area contributed by atoms with Crippen molar-refractivity contribution in [3.63, 3.8) is 0 Å². The van der Waals surface area contributed by atoms with Gasteiger partial charge in [0.25, 0.3) is 0 Å². The van der Waals surface area contributed by atoms with E-state index in [0.717, 1.165) is 38.5 Å². The second kappa shape index (κ2) is 15.1. The Kier molecular flexibility index (Phi) is 12.2. The number of rotatable bonds is 14. The van der Waals surface area contributed by atoms with Crippen LogP contribution < -0.4 is 29.6 Å². The third kappa shape index (κ3) is 8.21. The van der Waals surface area contributed by atoms with Crippen LogP contribution in [-0.4, -0.2) is 39.5 Å². The molecule has 8 nitrogen and oxygen atoms in total. The Balaban J connectivity index is 2.29. The molecule has 0 aliphatic carbocycles. The Hall–Kier alpha value is -3.16. The van der Waals surface area contributed by atoms with Crippen molar-refractivity contribution in [1.82, 2.24) is 10.6 Å². The summed E-state index contributed by atoms with van der Waals surface area (Å²) in [6.45, 7) is 9.49. The van der Waals surface area contributed by atoms with E-state index in [4.69, 9.17) is 18.9 Å². The fourth-order valence-electron chi connectivity index (χ4n) is 3.99. The second-order valence-corrected chi connectivity index (χ2v) is 9.31. The maximum atomic E-state index is 12.7. The highest BCUT2D eigenvalue weighted by molar-refractivity contribution is 6.01. The summed E-state index contributed by atoms with van der Waals surface area (Å²) in [5.41, 5.74) is 0.